The Morgan fingerprint density at radius 3 is 1.98 bits per heavy atom. The number of nitrogens with zero attached hydrogens (tertiary/aromatic N) is 3. The van der Waals surface area contributed by atoms with E-state index in [4.69, 9.17) is 14.4 Å². The predicted molar refractivity (Wildman–Crippen MR) is 205 cm³/mol. The Morgan fingerprint density at radius 1 is 0.480 bits per heavy atom. The highest BCUT2D eigenvalue weighted by Gasteiger charge is 2.22. The van der Waals surface area contributed by atoms with Crippen molar-refractivity contribution in [2.45, 2.75) is 6.17 Å². The Kier molecular flexibility index (Phi) is 6.49. The topological polar surface area (TPSA) is 54.8 Å². The van der Waals surface area contributed by atoms with Gasteiger partial charge in [0, 0.05) is 38.4 Å². The summed E-state index contributed by atoms with van der Waals surface area (Å²) in [6.07, 6.45) is -0.259. The maximum Gasteiger partial charge on any atom is 0.159 e. The largest absolute Gasteiger partial charge is 0.456 e. The van der Waals surface area contributed by atoms with Gasteiger partial charge in [0.15, 0.2) is 5.84 Å². The van der Waals surface area contributed by atoms with E-state index in [-0.39, 0.29) is 6.17 Å². The molecule has 0 saturated heterocycles. The van der Waals surface area contributed by atoms with E-state index in [0.717, 1.165) is 61.3 Å². The van der Waals surface area contributed by atoms with Gasteiger partial charge in [0.1, 0.15) is 23.2 Å². The third kappa shape index (κ3) is 4.71. The second kappa shape index (κ2) is 11.5. The van der Waals surface area contributed by atoms with Crippen molar-refractivity contribution in [1.82, 2.24) is 9.88 Å². The lowest BCUT2D eigenvalue weighted by molar-refractivity contribution is 0.667. The fourth-order valence-electron chi connectivity index (χ4n) is 7.23. The zero-order chi connectivity index (χ0) is 33.0. The molecule has 2 aromatic heterocycles. The highest BCUT2D eigenvalue weighted by atomic mass is 16.3. The van der Waals surface area contributed by atoms with Crippen molar-refractivity contribution in [3.63, 3.8) is 0 Å². The van der Waals surface area contributed by atoms with Gasteiger partial charge in [-0.2, -0.15) is 0 Å². The zero-order valence-electron chi connectivity index (χ0n) is 27.0. The second-order valence-corrected chi connectivity index (χ2v) is 12.7. The van der Waals surface area contributed by atoms with Gasteiger partial charge in [-0.25, -0.2) is 9.98 Å². The molecule has 3 heterocycles. The van der Waals surface area contributed by atoms with Crippen LogP contribution in [0.3, 0.4) is 0 Å². The molecule has 0 radical (unpaired) electrons. The average Bonchev–Trinajstić information content (AvgIpc) is 3.73. The first kappa shape index (κ1) is 28.3. The fourth-order valence-corrected chi connectivity index (χ4v) is 7.23. The van der Waals surface area contributed by atoms with Crippen LogP contribution in [0.4, 0.5) is 0 Å². The van der Waals surface area contributed by atoms with Crippen LogP contribution in [0, 0.1) is 0 Å². The summed E-state index contributed by atoms with van der Waals surface area (Å²) in [5.41, 5.74) is 10.5. The summed E-state index contributed by atoms with van der Waals surface area (Å²) in [6, 6.07) is 59.3. The van der Waals surface area contributed by atoms with Crippen molar-refractivity contribution < 1.29 is 4.42 Å². The van der Waals surface area contributed by atoms with Crippen LogP contribution in [0.1, 0.15) is 22.9 Å². The van der Waals surface area contributed by atoms with Crippen LogP contribution in [-0.2, 0) is 0 Å². The van der Waals surface area contributed by atoms with Gasteiger partial charge in [-0.1, -0.05) is 121 Å². The molecule has 1 atom stereocenters. The molecule has 0 aliphatic carbocycles. The van der Waals surface area contributed by atoms with Crippen LogP contribution in [0.2, 0.25) is 0 Å². The molecule has 5 heteroatoms. The van der Waals surface area contributed by atoms with Crippen molar-refractivity contribution in [3.05, 3.63) is 187 Å². The molecule has 1 aliphatic rings. The lowest BCUT2D eigenvalue weighted by atomic mass is 10.0. The van der Waals surface area contributed by atoms with Gasteiger partial charge < -0.3 is 14.3 Å². The van der Waals surface area contributed by atoms with Crippen LogP contribution in [0.15, 0.2) is 184 Å². The smallest absolute Gasteiger partial charge is 0.159 e. The molecule has 9 aromatic rings. The van der Waals surface area contributed by atoms with Crippen molar-refractivity contribution in [3.8, 4) is 16.8 Å². The SMILES string of the molecule is c1ccc(C2=NC(c3ccc4c(c3)oc3ccc(-c5ccc6c7ccccc7n(-c7ccccc7)c6c5)cc34)=NC(c3ccccc3)N2)cc1. The van der Waals surface area contributed by atoms with Gasteiger partial charge >= 0.3 is 0 Å². The summed E-state index contributed by atoms with van der Waals surface area (Å²) in [4.78, 5) is 10.1. The molecule has 1 N–H and O–H groups in total. The molecule has 7 aromatic carbocycles. The average molecular weight is 643 g/mol. The number of aliphatic imine (C=N–C) groups is 2. The van der Waals surface area contributed by atoms with Crippen LogP contribution >= 0.6 is 0 Å². The maximum absolute atomic E-state index is 6.46. The maximum atomic E-state index is 6.46. The molecule has 236 valence electrons. The van der Waals surface area contributed by atoms with Crippen molar-refractivity contribution in [1.29, 1.82) is 0 Å². The first-order valence-electron chi connectivity index (χ1n) is 16.9. The summed E-state index contributed by atoms with van der Waals surface area (Å²) in [5, 5.41) is 8.16. The third-order valence-corrected chi connectivity index (χ3v) is 9.66. The minimum absolute atomic E-state index is 0.259. The number of rotatable bonds is 5. The summed E-state index contributed by atoms with van der Waals surface area (Å²) in [7, 11) is 0. The fraction of sp³-hybridized carbons (Fsp3) is 0.0222. The number of benzene rings is 7. The Bertz CT molecular complexity index is 2780. The number of fused-ring (bicyclic) bond motifs is 6. The molecule has 10 rings (SSSR count). The molecule has 1 aliphatic heterocycles. The Hall–Kier alpha value is -6.72. The predicted octanol–water partition coefficient (Wildman–Crippen LogP) is 10.8. The molecular formula is C45H30N4O. The Balaban J connectivity index is 1.07. The minimum atomic E-state index is -0.259. The standard InChI is InChI=1S/C45H30N4O/c1-4-12-29(13-5-1)43-46-44(30-14-6-2-7-15-30)48-45(47-43)33-21-24-37-38-26-31(22-25-41(38)50-42(37)28-33)32-20-23-36-35-18-10-11-19-39(35)49(40(36)27-32)34-16-8-3-9-17-34/h1-28,43H,(H,46,47,48). The van der Waals surface area contributed by atoms with Crippen LogP contribution in [-0.4, -0.2) is 16.2 Å². The Labute approximate surface area is 288 Å². The van der Waals surface area contributed by atoms with Gasteiger partial charge in [-0.15, -0.1) is 0 Å². The lowest BCUT2D eigenvalue weighted by Crippen LogP contribution is -2.33. The molecule has 1 unspecified atom stereocenters. The highest BCUT2D eigenvalue weighted by molar-refractivity contribution is 6.15. The third-order valence-electron chi connectivity index (χ3n) is 9.66. The Morgan fingerprint density at radius 2 is 1.14 bits per heavy atom. The van der Waals surface area contributed by atoms with Crippen molar-refractivity contribution in [2.75, 3.05) is 0 Å². The van der Waals surface area contributed by atoms with Crippen LogP contribution < -0.4 is 5.32 Å². The first-order chi connectivity index (χ1) is 24.8. The second-order valence-electron chi connectivity index (χ2n) is 12.7. The van der Waals surface area contributed by atoms with Gasteiger partial charge in [-0.05, 0) is 65.2 Å². The van der Waals surface area contributed by atoms with Gasteiger partial charge in [0.25, 0.3) is 0 Å². The number of hydrogen-bond acceptors (Lipinski definition) is 4. The zero-order valence-corrected chi connectivity index (χ0v) is 27.0. The van der Waals surface area contributed by atoms with E-state index >= 15 is 0 Å². The quantitative estimate of drug-likeness (QED) is 0.203. The first-order valence-corrected chi connectivity index (χ1v) is 16.9. The van der Waals surface area contributed by atoms with E-state index in [1.54, 1.807) is 0 Å². The van der Waals surface area contributed by atoms with E-state index in [0.29, 0.717) is 5.84 Å². The summed E-state index contributed by atoms with van der Waals surface area (Å²) >= 11 is 0. The minimum Gasteiger partial charge on any atom is -0.456 e. The van der Waals surface area contributed by atoms with E-state index in [9.17, 15) is 0 Å². The number of aromatic nitrogens is 1. The summed E-state index contributed by atoms with van der Waals surface area (Å²) in [6.45, 7) is 0. The van der Waals surface area contributed by atoms with E-state index < -0.39 is 0 Å². The molecular weight excluding hydrogens is 613 g/mol. The normalized spacial score (nSPS) is 14.6. The van der Waals surface area contributed by atoms with Crippen molar-refractivity contribution >= 4 is 55.4 Å². The number of hydrogen-bond donors (Lipinski definition) is 1. The molecule has 50 heavy (non-hydrogen) atoms. The molecule has 0 bridgehead atoms. The van der Waals surface area contributed by atoms with E-state index in [1.165, 1.54) is 21.8 Å². The molecule has 0 amide bonds. The monoisotopic (exact) mass is 642 g/mol. The van der Waals surface area contributed by atoms with Gasteiger partial charge in [-0.3, -0.25) is 0 Å². The van der Waals surface area contributed by atoms with Crippen LogP contribution in [0.5, 0.6) is 0 Å². The van der Waals surface area contributed by atoms with Gasteiger partial charge in [0.05, 0.1) is 11.0 Å². The number of amidine groups is 2. The molecule has 0 fully saturated rings. The number of nitrogens with one attached hydrogen (secondary N) is 1. The number of para-hydroxylation sites is 2. The van der Waals surface area contributed by atoms with E-state index in [1.807, 2.05) is 36.4 Å². The summed E-state index contributed by atoms with van der Waals surface area (Å²) < 4.78 is 8.82. The lowest BCUT2D eigenvalue weighted by Gasteiger charge is -2.23. The van der Waals surface area contributed by atoms with Gasteiger partial charge in [0.2, 0.25) is 0 Å². The van der Waals surface area contributed by atoms with E-state index in [2.05, 4.69) is 143 Å². The summed E-state index contributed by atoms with van der Waals surface area (Å²) in [5.74, 6) is 1.46. The molecule has 0 saturated carbocycles. The highest BCUT2D eigenvalue weighted by Crippen LogP contribution is 2.37. The molecule has 0 spiro atoms. The number of furan rings is 1. The molecule has 5 nitrogen and oxygen atoms in total. The van der Waals surface area contributed by atoms with Crippen molar-refractivity contribution in [2.24, 2.45) is 9.98 Å². The van der Waals surface area contributed by atoms with Crippen LogP contribution in [0.25, 0.3) is 60.6 Å².